The molecule has 0 aliphatic heterocycles. The van der Waals surface area contributed by atoms with Gasteiger partial charge in [0.15, 0.2) is 0 Å². The highest BCUT2D eigenvalue weighted by Crippen LogP contribution is 2.29. The Balaban J connectivity index is 2.61. The van der Waals surface area contributed by atoms with E-state index in [0.717, 1.165) is 12.8 Å². The minimum atomic E-state index is -0.482. The van der Waals surface area contributed by atoms with Gasteiger partial charge in [-0.1, -0.05) is 26.2 Å². The molecule has 19 heavy (non-hydrogen) atoms. The van der Waals surface area contributed by atoms with Gasteiger partial charge in [0, 0.05) is 12.6 Å². The van der Waals surface area contributed by atoms with E-state index in [-0.39, 0.29) is 24.7 Å². The van der Waals surface area contributed by atoms with E-state index in [1.54, 1.807) is 0 Å². The molecule has 0 radical (unpaired) electrons. The fourth-order valence-electron chi connectivity index (χ4n) is 2.78. The van der Waals surface area contributed by atoms with Gasteiger partial charge in [-0.05, 0) is 45.4 Å². The van der Waals surface area contributed by atoms with Crippen molar-refractivity contribution in [3.63, 3.8) is 0 Å². The van der Waals surface area contributed by atoms with Gasteiger partial charge in [-0.15, -0.1) is 0 Å². The lowest BCUT2D eigenvalue weighted by atomic mass is 9.79. The van der Waals surface area contributed by atoms with Crippen molar-refractivity contribution < 1.29 is 14.6 Å². The van der Waals surface area contributed by atoms with E-state index < -0.39 is 5.60 Å². The van der Waals surface area contributed by atoms with Gasteiger partial charge in [-0.3, -0.25) is 0 Å². The van der Waals surface area contributed by atoms with Crippen LogP contribution in [-0.2, 0) is 4.74 Å². The van der Waals surface area contributed by atoms with E-state index in [1.165, 1.54) is 19.3 Å². The predicted molar refractivity (Wildman–Crippen MR) is 76.0 cm³/mol. The number of hydrogen-bond acceptors (Lipinski definition) is 3. The molecular weight excluding hydrogens is 242 g/mol. The van der Waals surface area contributed by atoms with Crippen LogP contribution >= 0.6 is 0 Å². The summed E-state index contributed by atoms with van der Waals surface area (Å²) in [7, 11) is 0. The van der Waals surface area contributed by atoms with E-state index in [0.29, 0.717) is 5.92 Å². The van der Waals surface area contributed by atoms with Crippen LogP contribution in [0.5, 0.6) is 0 Å². The Morgan fingerprint density at radius 2 is 1.89 bits per heavy atom. The number of carbonyl (C=O) groups excluding carboxylic acids is 1. The van der Waals surface area contributed by atoms with E-state index in [2.05, 4.69) is 5.32 Å². The minimum absolute atomic E-state index is 0.0140. The first-order valence-corrected chi connectivity index (χ1v) is 7.44. The van der Waals surface area contributed by atoms with Crippen molar-refractivity contribution in [2.45, 2.75) is 71.4 Å². The number of ether oxygens (including phenoxy) is 1. The third kappa shape index (κ3) is 5.81. The van der Waals surface area contributed by atoms with Crippen molar-refractivity contribution in [1.82, 2.24) is 5.32 Å². The lowest BCUT2D eigenvalue weighted by molar-refractivity contribution is 0.0426. The fraction of sp³-hybridized carbons (Fsp3) is 0.933. The molecule has 4 heteroatoms. The Kier molecular flexibility index (Phi) is 6.11. The van der Waals surface area contributed by atoms with Crippen LogP contribution in [0.3, 0.4) is 0 Å². The van der Waals surface area contributed by atoms with Crippen molar-refractivity contribution in [2.75, 3.05) is 6.61 Å². The molecule has 2 atom stereocenters. The second kappa shape index (κ2) is 7.13. The fourth-order valence-corrected chi connectivity index (χ4v) is 2.78. The summed E-state index contributed by atoms with van der Waals surface area (Å²) in [5.74, 6) is 0.527. The topological polar surface area (TPSA) is 58.6 Å². The molecule has 0 bridgehead atoms. The molecule has 0 unspecified atom stereocenters. The van der Waals surface area contributed by atoms with E-state index >= 15 is 0 Å². The summed E-state index contributed by atoms with van der Waals surface area (Å²) < 4.78 is 5.32. The summed E-state index contributed by atoms with van der Waals surface area (Å²) in [5.41, 5.74) is -0.482. The van der Waals surface area contributed by atoms with Crippen LogP contribution in [-0.4, -0.2) is 29.4 Å². The number of rotatable bonds is 4. The zero-order valence-corrected chi connectivity index (χ0v) is 12.7. The lowest BCUT2D eigenvalue weighted by Gasteiger charge is -2.34. The van der Waals surface area contributed by atoms with Gasteiger partial charge >= 0.3 is 6.09 Å². The zero-order chi connectivity index (χ0) is 14.5. The monoisotopic (exact) mass is 271 g/mol. The molecular formula is C15H29NO3. The summed E-state index contributed by atoms with van der Waals surface area (Å²) >= 11 is 0. The Hall–Kier alpha value is -0.770. The van der Waals surface area contributed by atoms with Crippen LogP contribution in [0.15, 0.2) is 0 Å². The minimum Gasteiger partial charge on any atom is -0.444 e. The molecule has 1 aliphatic rings. The van der Waals surface area contributed by atoms with Crippen LogP contribution in [0.25, 0.3) is 0 Å². The third-order valence-electron chi connectivity index (χ3n) is 3.74. The van der Waals surface area contributed by atoms with Gasteiger partial charge in [0.2, 0.25) is 0 Å². The SMILES string of the molecule is C[C@@H](CO)[C@H](NC(=O)OC(C)(C)C)C1CCCCC1. The Labute approximate surface area is 116 Å². The van der Waals surface area contributed by atoms with Gasteiger partial charge in [-0.25, -0.2) is 4.79 Å². The van der Waals surface area contributed by atoms with Crippen molar-refractivity contribution in [3.05, 3.63) is 0 Å². The summed E-state index contributed by atoms with van der Waals surface area (Å²) in [6, 6.07) is 0.0140. The van der Waals surface area contributed by atoms with Crippen LogP contribution in [0.2, 0.25) is 0 Å². The second-order valence-electron chi connectivity index (χ2n) is 6.73. The van der Waals surface area contributed by atoms with Crippen LogP contribution in [0, 0.1) is 11.8 Å². The quantitative estimate of drug-likeness (QED) is 0.826. The van der Waals surface area contributed by atoms with Gasteiger partial charge in [0.1, 0.15) is 5.60 Å². The molecule has 1 amide bonds. The molecule has 0 aromatic rings. The predicted octanol–water partition coefficient (Wildman–Crippen LogP) is 3.09. The Bertz CT molecular complexity index is 280. The maximum atomic E-state index is 11.9. The number of aliphatic hydroxyl groups excluding tert-OH is 1. The van der Waals surface area contributed by atoms with Crippen LogP contribution in [0.1, 0.15) is 59.8 Å². The standard InChI is InChI=1S/C15H29NO3/c1-11(10-17)13(12-8-6-5-7-9-12)16-14(18)19-15(2,3)4/h11-13,17H,5-10H2,1-4H3,(H,16,18)/t11-,13-/m0/s1. The first-order valence-electron chi connectivity index (χ1n) is 7.44. The molecule has 2 N–H and O–H groups in total. The third-order valence-corrected chi connectivity index (χ3v) is 3.74. The number of nitrogens with one attached hydrogen (secondary N) is 1. The number of carbonyl (C=O) groups is 1. The molecule has 0 aromatic heterocycles. The smallest absolute Gasteiger partial charge is 0.407 e. The zero-order valence-electron chi connectivity index (χ0n) is 12.7. The average molecular weight is 271 g/mol. The van der Waals surface area contributed by atoms with E-state index in [4.69, 9.17) is 4.74 Å². The number of alkyl carbamates (subject to hydrolysis) is 1. The van der Waals surface area contributed by atoms with Gasteiger partial charge in [-0.2, -0.15) is 0 Å². The van der Waals surface area contributed by atoms with Gasteiger partial charge in [0.25, 0.3) is 0 Å². The maximum Gasteiger partial charge on any atom is 0.407 e. The largest absolute Gasteiger partial charge is 0.444 e. The van der Waals surface area contributed by atoms with Crippen LogP contribution < -0.4 is 5.32 Å². The molecule has 1 fully saturated rings. The molecule has 1 rings (SSSR count). The van der Waals surface area contributed by atoms with E-state index in [1.807, 2.05) is 27.7 Å². The molecule has 0 heterocycles. The average Bonchev–Trinajstić information content (AvgIpc) is 2.34. The maximum absolute atomic E-state index is 11.9. The highest BCUT2D eigenvalue weighted by atomic mass is 16.6. The molecule has 1 saturated carbocycles. The highest BCUT2D eigenvalue weighted by molar-refractivity contribution is 5.68. The van der Waals surface area contributed by atoms with Crippen molar-refractivity contribution in [1.29, 1.82) is 0 Å². The van der Waals surface area contributed by atoms with Crippen molar-refractivity contribution >= 4 is 6.09 Å². The lowest BCUT2D eigenvalue weighted by Crippen LogP contribution is -2.48. The number of amides is 1. The van der Waals surface area contributed by atoms with Crippen LogP contribution in [0.4, 0.5) is 4.79 Å². The molecule has 0 saturated heterocycles. The summed E-state index contributed by atoms with van der Waals surface area (Å²) in [4.78, 5) is 11.9. The molecule has 0 spiro atoms. The molecule has 112 valence electrons. The van der Waals surface area contributed by atoms with Crippen molar-refractivity contribution in [2.24, 2.45) is 11.8 Å². The first kappa shape index (κ1) is 16.3. The normalized spacial score (nSPS) is 20.7. The molecule has 1 aliphatic carbocycles. The van der Waals surface area contributed by atoms with Crippen molar-refractivity contribution in [3.8, 4) is 0 Å². The highest BCUT2D eigenvalue weighted by Gasteiger charge is 2.30. The van der Waals surface area contributed by atoms with Gasteiger partial charge < -0.3 is 15.2 Å². The Morgan fingerprint density at radius 1 is 1.32 bits per heavy atom. The second-order valence-corrected chi connectivity index (χ2v) is 6.73. The number of hydrogen-bond donors (Lipinski definition) is 2. The van der Waals surface area contributed by atoms with E-state index in [9.17, 15) is 9.90 Å². The Morgan fingerprint density at radius 3 is 2.37 bits per heavy atom. The first-order chi connectivity index (χ1) is 8.83. The summed E-state index contributed by atoms with van der Waals surface area (Å²) in [6.07, 6.45) is 5.60. The summed E-state index contributed by atoms with van der Waals surface area (Å²) in [6.45, 7) is 7.65. The molecule has 4 nitrogen and oxygen atoms in total. The summed E-state index contributed by atoms with van der Waals surface area (Å²) in [5, 5.41) is 12.4. The molecule has 0 aromatic carbocycles. The van der Waals surface area contributed by atoms with Gasteiger partial charge in [0.05, 0.1) is 0 Å². The number of aliphatic hydroxyl groups is 1.